The Morgan fingerprint density at radius 3 is 2.37 bits per heavy atom. The van der Waals surface area contributed by atoms with Crippen molar-refractivity contribution >= 4 is 28.7 Å². The van der Waals surface area contributed by atoms with Gasteiger partial charge >= 0.3 is 11.7 Å². The van der Waals surface area contributed by atoms with Gasteiger partial charge in [0.25, 0.3) is 5.56 Å². The van der Waals surface area contributed by atoms with Crippen molar-refractivity contribution < 1.29 is 23.4 Å². The van der Waals surface area contributed by atoms with Gasteiger partial charge in [-0.1, -0.05) is 6.07 Å². The highest BCUT2D eigenvalue weighted by molar-refractivity contribution is 5.86. The van der Waals surface area contributed by atoms with Crippen LogP contribution in [-0.2, 0) is 0 Å². The van der Waals surface area contributed by atoms with E-state index in [1.54, 1.807) is 55.2 Å². The van der Waals surface area contributed by atoms with E-state index in [0.717, 1.165) is 27.5 Å². The molecule has 46 heavy (non-hydrogen) atoms. The number of anilines is 3. The van der Waals surface area contributed by atoms with E-state index < -0.39 is 34.4 Å². The second kappa shape index (κ2) is 13.1. The van der Waals surface area contributed by atoms with E-state index in [1.807, 2.05) is 18.2 Å². The van der Waals surface area contributed by atoms with Crippen molar-refractivity contribution in [1.29, 1.82) is 0 Å². The van der Waals surface area contributed by atoms with Gasteiger partial charge in [0.1, 0.15) is 22.7 Å². The molecule has 6 rings (SSSR count). The van der Waals surface area contributed by atoms with Crippen molar-refractivity contribution in [3.63, 3.8) is 0 Å². The molecule has 0 aliphatic heterocycles. The molecular formula is C32H27F2N7O5. The lowest BCUT2D eigenvalue weighted by Gasteiger charge is -2.14. The van der Waals surface area contributed by atoms with Crippen LogP contribution in [-0.4, -0.2) is 34.8 Å². The maximum Gasteiger partial charge on any atom is 0.342 e. The first-order valence-electron chi connectivity index (χ1n) is 13.8. The minimum atomic E-state index is -1.43. The molecule has 2 aromatic carbocycles. The van der Waals surface area contributed by atoms with Crippen LogP contribution in [0.1, 0.15) is 30.2 Å². The maximum absolute atomic E-state index is 14.1. The predicted molar refractivity (Wildman–Crippen MR) is 167 cm³/mol. The molecule has 0 radical (unpaired) electrons. The lowest BCUT2D eigenvalue weighted by Crippen LogP contribution is -2.41. The van der Waals surface area contributed by atoms with Crippen LogP contribution in [0.2, 0.25) is 0 Å². The van der Waals surface area contributed by atoms with Crippen molar-refractivity contribution in [2.24, 2.45) is 0 Å². The number of hydrogen-bond donors (Lipinski definition) is 3. The summed E-state index contributed by atoms with van der Waals surface area (Å²) >= 11 is 0. The smallest absolute Gasteiger partial charge is 0.342 e. The van der Waals surface area contributed by atoms with Crippen LogP contribution in [0, 0.1) is 11.6 Å². The fraction of sp³-hybridized carbons (Fsp3) is 0.0938. The number of ether oxygens (including phenoxy) is 1. The number of halogens is 2. The van der Waals surface area contributed by atoms with Crippen molar-refractivity contribution in [1.82, 2.24) is 23.7 Å². The highest BCUT2D eigenvalue weighted by atomic mass is 19.1. The highest BCUT2D eigenvalue weighted by Crippen LogP contribution is 2.32. The van der Waals surface area contributed by atoms with Crippen LogP contribution >= 0.6 is 0 Å². The first-order chi connectivity index (χ1) is 22.0. The fourth-order valence-electron chi connectivity index (χ4n) is 4.36. The van der Waals surface area contributed by atoms with Crippen molar-refractivity contribution in [2.45, 2.75) is 19.9 Å². The zero-order valence-corrected chi connectivity index (χ0v) is 24.5. The summed E-state index contributed by atoms with van der Waals surface area (Å²) in [5.41, 5.74) is 5.31. The van der Waals surface area contributed by atoms with Gasteiger partial charge in [-0.15, -0.1) is 0 Å². The molecule has 14 heteroatoms. The zero-order valence-electron chi connectivity index (χ0n) is 24.5. The highest BCUT2D eigenvalue weighted by Gasteiger charge is 2.19. The number of aromatic nitrogens is 5. The van der Waals surface area contributed by atoms with Gasteiger partial charge in [-0.3, -0.25) is 9.36 Å². The van der Waals surface area contributed by atoms with Gasteiger partial charge in [0.05, 0.1) is 23.8 Å². The van der Waals surface area contributed by atoms with Gasteiger partial charge in [-0.25, -0.2) is 32.4 Å². The molecule has 0 aliphatic rings. The summed E-state index contributed by atoms with van der Waals surface area (Å²) in [7, 11) is 0. The van der Waals surface area contributed by atoms with E-state index in [4.69, 9.17) is 15.6 Å². The number of benzene rings is 2. The molecule has 4 N–H and O–H groups in total. The molecule has 0 bridgehead atoms. The number of nitrogen functional groups attached to an aromatic ring is 1. The minimum Gasteiger partial charge on any atom is -0.477 e. The molecule has 0 aliphatic carbocycles. The molecule has 0 fully saturated rings. The molecule has 0 saturated carbocycles. The minimum absolute atomic E-state index is 0.0901. The third-order valence-corrected chi connectivity index (χ3v) is 6.57. The van der Waals surface area contributed by atoms with E-state index in [9.17, 15) is 23.2 Å². The average molecular weight is 628 g/mol. The summed E-state index contributed by atoms with van der Waals surface area (Å²) in [4.78, 5) is 39.9. The number of carbonyl (C=O) groups is 1. The van der Waals surface area contributed by atoms with Gasteiger partial charge in [0.15, 0.2) is 17.3 Å². The van der Waals surface area contributed by atoms with E-state index in [-0.39, 0.29) is 17.5 Å². The third kappa shape index (κ3) is 6.75. The number of aromatic carboxylic acids is 1. The second-order valence-corrected chi connectivity index (χ2v) is 10.1. The molecule has 0 atom stereocenters. The SMILES string of the molecule is CC(C)n1cc(C(=O)O)c(=O)n(-c2ccc(F)cc2)c1=O.Nc1ccc(Oc2cc(Nc3ccccn3)cn3nccc23)c(F)c1. The quantitative estimate of drug-likeness (QED) is 0.197. The fourth-order valence-corrected chi connectivity index (χ4v) is 4.36. The Morgan fingerprint density at radius 1 is 0.957 bits per heavy atom. The van der Waals surface area contributed by atoms with Crippen molar-refractivity contribution in [3.8, 4) is 17.2 Å². The number of carboxylic acids is 1. The first-order valence-corrected chi connectivity index (χ1v) is 13.8. The third-order valence-electron chi connectivity index (χ3n) is 6.57. The number of nitrogens with zero attached hydrogens (tertiary/aromatic N) is 5. The Kier molecular flexibility index (Phi) is 8.89. The number of hydrogen-bond acceptors (Lipinski definition) is 8. The Hall–Kier alpha value is -6.31. The number of nitrogens with two attached hydrogens (primary N) is 1. The second-order valence-electron chi connectivity index (χ2n) is 10.1. The first kappa shape index (κ1) is 31.1. The van der Waals surface area contributed by atoms with Crippen LogP contribution in [0.4, 0.5) is 26.0 Å². The Bertz CT molecular complexity index is 2140. The number of fused-ring (bicyclic) bond motifs is 1. The molecule has 0 spiro atoms. The van der Waals surface area contributed by atoms with E-state index in [0.29, 0.717) is 28.5 Å². The lowest BCUT2D eigenvalue weighted by atomic mass is 10.2. The summed E-state index contributed by atoms with van der Waals surface area (Å²) in [6, 6.07) is 17.7. The van der Waals surface area contributed by atoms with Crippen molar-refractivity contribution in [2.75, 3.05) is 11.1 Å². The van der Waals surface area contributed by atoms with Crippen LogP contribution in [0.3, 0.4) is 0 Å². The average Bonchev–Trinajstić information content (AvgIpc) is 3.49. The van der Waals surface area contributed by atoms with Crippen LogP contribution in [0.15, 0.2) is 107 Å². The maximum atomic E-state index is 14.1. The zero-order chi connectivity index (χ0) is 33.0. The lowest BCUT2D eigenvalue weighted by molar-refractivity contribution is 0.0693. The van der Waals surface area contributed by atoms with E-state index in [1.165, 1.54) is 24.3 Å². The van der Waals surface area contributed by atoms with E-state index in [2.05, 4.69) is 15.4 Å². The summed E-state index contributed by atoms with van der Waals surface area (Å²) in [6.45, 7) is 3.37. The largest absolute Gasteiger partial charge is 0.477 e. The Labute approximate surface area is 259 Å². The molecule has 4 aromatic heterocycles. The molecule has 0 amide bonds. The molecule has 12 nitrogen and oxygen atoms in total. The summed E-state index contributed by atoms with van der Waals surface area (Å²) in [5.74, 6) is -1.25. The van der Waals surface area contributed by atoms with E-state index >= 15 is 0 Å². The Balaban J connectivity index is 0.000000184. The molecule has 234 valence electrons. The van der Waals surface area contributed by atoms with Gasteiger partial charge in [0.2, 0.25) is 0 Å². The summed E-state index contributed by atoms with van der Waals surface area (Å²) in [6.07, 6.45) is 6.16. The topological polar surface area (TPSA) is 159 Å². The molecule has 0 unspecified atom stereocenters. The Morgan fingerprint density at radius 2 is 1.72 bits per heavy atom. The molecule has 0 saturated heterocycles. The monoisotopic (exact) mass is 627 g/mol. The molecule has 4 heterocycles. The van der Waals surface area contributed by atoms with Gasteiger partial charge < -0.3 is 20.9 Å². The summed E-state index contributed by atoms with van der Waals surface area (Å²) < 4.78 is 36.3. The number of nitrogens with one attached hydrogen (secondary N) is 1. The predicted octanol–water partition coefficient (Wildman–Crippen LogP) is 5.40. The molecule has 6 aromatic rings. The van der Waals surface area contributed by atoms with Crippen LogP contribution in [0.5, 0.6) is 11.5 Å². The number of carboxylic acid groups (broad SMARTS) is 1. The van der Waals surface area contributed by atoms with Crippen molar-refractivity contribution in [3.05, 3.63) is 136 Å². The number of pyridine rings is 2. The number of rotatable bonds is 7. The van der Waals surface area contributed by atoms with Crippen LogP contribution in [0.25, 0.3) is 11.2 Å². The van der Waals surface area contributed by atoms with Gasteiger partial charge in [-0.05, 0) is 68.4 Å². The summed E-state index contributed by atoms with van der Waals surface area (Å²) in [5, 5.41) is 16.5. The standard InChI is InChI=1S/C18H14FN5O.C14H13FN2O4/c19-14-9-12(20)4-5-16(14)25-17-10-13(11-24-15(17)6-8-22-24)23-18-3-1-2-7-21-18;1-8(2)16-7-11(13(19)20)12(18)17(14(16)21)10-5-3-9(15)4-6-10/h1-11H,20H2,(H,21,23);3-8H,1-2H3,(H,19,20). The normalized spacial score (nSPS) is 10.8. The van der Waals surface area contributed by atoms with Gasteiger partial charge in [0, 0.05) is 36.3 Å². The molecular weight excluding hydrogens is 600 g/mol. The van der Waals surface area contributed by atoms with Crippen LogP contribution < -0.4 is 27.0 Å². The van der Waals surface area contributed by atoms with Gasteiger partial charge in [-0.2, -0.15) is 5.10 Å².